The van der Waals surface area contributed by atoms with Crippen LogP contribution in [-0.4, -0.2) is 66.6 Å². The summed E-state index contributed by atoms with van der Waals surface area (Å²) in [6.07, 6.45) is 11.8. The van der Waals surface area contributed by atoms with Crippen molar-refractivity contribution < 1.29 is 19.4 Å². The summed E-state index contributed by atoms with van der Waals surface area (Å²) in [7, 11) is 2.16. The molecule has 4 bridgehead atoms. The molecule has 7 rings (SSSR count). The van der Waals surface area contributed by atoms with Crippen molar-refractivity contribution in [2.45, 2.75) is 56.8 Å². The molecule has 212 valence electrons. The van der Waals surface area contributed by atoms with Crippen molar-refractivity contribution in [3.63, 3.8) is 0 Å². The molecule has 2 aromatic rings. The van der Waals surface area contributed by atoms with Gasteiger partial charge in [0.25, 0.3) is 0 Å². The molecule has 0 spiro atoms. The van der Waals surface area contributed by atoms with Crippen LogP contribution in [0, 0.1) is 17.8 Å². The first kappa shape index (κ1) is 27.2. The first-order valence-electron chi connectivity index (χ1n) is 15.1. The van der Waals surface area contributed by atoms with E-state index in [1.807, 2.05) is 30.3 Å². The molecule has 1 saturated heterocycles. The SMILES string of the molecule is CN1CCN(CCCC(=O)Oc2ccc(-c3ccc(C=CC(=O)O)cc3)cc2C23CC4CC(CC(C4)C2)C3)CC1. The highest BCUT2D eigenvalue weighted by Crippen LogP contribution is 2.62. The first-order chi connectivity index (χ1) is 19.3. The number of likely N-dealkylation sites (N-methyl/N-ethyl adjacent to an activating group) is 1. The number of piperazine rings is 1. The molecule has 0 amide bonds. The van der Waals surface area contributed by atoms with Crippen molar-refractivity contribution in [2.75, 3.05) is 39.8 Å². The second-order valence-corrected chi connectivity index (χ2v) is 12.9. The van der Waals surface area contributed by atoms with Crippen LogP contribution in [0.3, 0.4) is 0 Å². The Morgan fingerprint density at radius 2 is 1.55 bits per heavy atom. The molecule has 0 radical (unpaired) electrons. The lowest BCUT2D eigenvalue weighted by Crippen LogP contribution is -2.48. The van der Waals surface area contributed by atoms with E-state index >= 15 is 0 Å². The number of hydrogen-bond donors (Lipinski definition) is 1. The zero-order valence-corrected chi connectivity index (χ0v) is 23.7. The van der Waals surface area contributed by atoms with Gasteiger partial charge < -0.3 is 19.6 Å². The zero-order valence-electron chi connectivity index (χ0n) is 23.7. The fourth-order valence-electron chi connectivity index (χ4n) is 8.30. The van der Waals surface area contributed by atoms with E-state index in [1.165, 1.54) is 44.1 Å². The fourth-order valence-corrected chi connectivity index (χ4v) is 8.30. The molecular formula is C34H42N2O4. The number of esters is 1. The summed E-state index contributed by atoms with van der Waals surface area (Å²) >= 11 is 0. The van der Waals surface area contributed by atoms with Crippen molar-refractivity contribution in [1.29, 1.82) is 0 Å². The fraction of sp³-hybridized carbons (Fsp3) is 0.529. The Balaban J connectivity index is 1.22. The molecule has 5 fully saturated rings. The highest BCUT2D eigenvalue weighted by molar-refractivity contribution is 5.85. The third-order valence-electron chi connectivity index (χ3n) is 9.93. The van der Waals surface area contributed by atoms with Gasteiger partial charge >= 0.3 is 11.9 Å². The van der Waals surface area contributed by atoms with Gasteiger partial charge in [0.1, 0.15) is 5.75 Å². The summed E-state index contributed by atoms with van der Waals surface area (Å²) in [6.45, 7) is 5.27. The van der Waals surface area contributed by atoms with Gasteiger partial charge in [-0.3, -0.25) is 4.79 Å². The first-order valence-corrected chi connectivity index (χ1v) is 15.1. The highest BCUT2D eigenvalue weighted by atomic mass is 16.5. The maximum absolute atomic E-state index is 13.1. The Bertz CT molecular complexity index is 1220. The Hall–Kier alpha value is -2.96. The second kappa shape index (κ2) is 11.5. The minimum Gasteiger partial charge on any atom is -0.478 e. The number of rotatable bonds is 9. The van der Waals surface area contributed by atoms with E-state index < -0.39 is 5.97 Å². The van der Waals surface area contributed by atoms with Crippen LogP contribution in [0.25, 0.3) is 17.2 Å². The van der Waals surface area contributed by atoms with E-state index in [2.05, 4.69) is 29.0 Å². The minimum atomic E-state index is -0.950. The van der Waals surface area contributed by atoms with Gasteiger partial charge in [0.05, 0.1) is 0 Å². The lowest BCUT2D eigenvalue weighted by molar-refractivity contribution is -0.135. The van der Waals surface area contributed by atoms with E-state index in [9.17, 15) is 9.59 Å². The van der Waals surface area contributed by atoms with E-state index in [0.29, 0.717) is 6.42 Å². The predicted octanol–water partition coefficient (Wildman–Crippen LogP) is 5.85. The van der Waals surface area contributed by atoms with Gasteiger partial charge in [-0.1, -0.05) is 30.3 Å². The van der Waals surface area contributed by atoms with Crippen LogP contribution in [0.2, 0.25) is 0 Å². The van der Waals surface area contributed by atoms with Crippen molar-refractivity contribution in [2.24, 2.45) is 17.8 Å². The number of benzene rings is 2. The second-order valence-electron chi connectivity index (χ2n) is 12.9. The van der Waals surface area contributed by atoms with Crippen LogP contribution in [0.15, 0.2) is 48.5 Å². The van der Waals surface area contributed by atoms with E-state index in [-0.39, 0.29) is 11.4 Å². The summed E-state index contributed by atoms with van der Waals surface area (Å²) in [5.74, 6) is 2.07. The lowest BCUT2D eigenvalue weighted by Gasteiger charge is -2.57. The molecule has 1 heterocycles. The summed E-state index contributed by atoms with van der Waals surface area (Å²) in [5, 5.41) is 8.93. The molecule has 1 aliphatic heterocycles. The Morgan fingerprint density at radius 3 is 2.17 bits per heavy atom. The normalized spacial score (nSPS) is 28.3. The summed E-state index contributed by atoms with van der Waals surface area (Å²) in [4.78, 5) is 28.8. The van der Waals surface area contributed by atoms with Crippen molar-refractivity contribution in [1.82, 2.24) is 9.80 Å². The lowest BCUT2D eigenvalue weighted by atomic mass is 9.48. The molecule has 40 heavy (non-hydrogen) atoms. The number of carbonyl (C=O) groups is 2. The number of aliphatic carboxylic acids is 1. The molecule has 1 N–H and O–H groups in total. The number of carbonyl (C=O) groups excluding carboxylic acids is 1. The van der Waals surface area contributed by atoms with Crippen molar-refractivity contribution in [3.8, 4) is 16.9 Å². The number of ether oxygens (including phenoxy) is 1. The van der Waals surface area contributed by atoms with Crippen LogP contribution >= 0.6 is 0 Å². The average Bonchev–Trinajstić information content (AvgIpc) is 2.93. The van der Waals surface area contributed by atoms with Crippen LogP contribution in [-0.2, 0) is 15.0 Å². The predicted molar refractivity (Wildman–Crippen MR) is 157 cm³/mol. The largest absolute Gasteiger partial charge is 0.478 e. The van der Waals surface area contributed by atoms with E-state index in [0.717, 1.165) is 85.4 Å². The van der Waals surface area contributed by atoms with Crippen molar-refractivity contribution >= 4 is 18.0 Å². The van der Waals surface area contributed by atoms with Gasteiger partial charge in [-0.15, -0.1) is 0 Å². The molecule has 0 unspecified atom stereocenters. The molecule has 6 heteroatoms. The van der Waals surface area contributed by atoms with Gasteiger partial charge in [-0.2, -0.15) is 0 Å². The standard InChI is InChI=1S/C34H42N2O4/c1-35-13-15-36(16-14-35)12-2-3-33(39)40-31-10-9-29(28-7-4-24(5-8-28)6-11-32(37)38)20-30(31)34-21-25-17-26(22-34)19-27(18-25)23-34/h4-11,20,25-27H,2-3,12-19,21-23H2,1H3,(H,37,38). The molecule has 2 aromatic carbocycles. The molecule has 0 atom stereocenters. The topological polar surface area (TPSA) is 70.1 Å². The number of carboxylic acid groups (broad SMARTS) is 1. The van der Waals surface area contributed by atoms with Crippen LogP contribution in [0.5, 0.6) is 5.75 Å². The van der Waals surface area contributed by atoms with Crippen molar-refractivity contribution in [3.05, 3.63) is 59.7 Å². The van der Waals surface area contributed by atoms with E-state index in [4.69, 9.17) is 9.84 Å². The molecule has 6 nitrogen and oxygen atoms in total. The monoisotopic (exact) mass is 542 g/mol. The molecule has 4 saturated carbocycles. The zero-order chi connectivity index (χ0) is 27.7. The van der Waals surface area contributed by atoms with Crippen LogP contribution < -0.4 is 4.74 Å². The quantitative estimate of drug-likeness (QED) is 0.243. The van der Waals surface area contributed by atoms with Gasteiger partial charge in [0, 0.05) is 44.2 Å². The summed E-state index contributed by atoms with van der Waals surface area (Å²) < 4.78 is 6.18. The molecule has 4 aliphatic carbocycles. The van der Waals surface area contributed by atoms with Crippen LogP contribution in [0.1, 0.15) is 62.5 Å². The van der Waals surface area contributed by atoms with Gasteiger partial charge in [0.2, 0.25) is 0 Å². The summed E-state index contributed by atoms with van der Waals surface area (Å²) in [6, 6.07) is 14.4. The highest BCUT2D eigenvalue weighted by Gasteiger charge is 2.52. The average molecular weight is 543 g/mol. The molecule has 5 aliphatic rings. The van der Waals surface area contributed by atoms with E-state index in [1.54, 1.807) is 6.08 Å². The number of hydrogen-bond acceptors (Lipinski definition) is 5. The smallest absolute Gasteiger partial charge is 0.328 e. The molecule has 0 aromatic heterocycles. The molecular weight excluding hydrogens is 500 g/mol. The van der Waals surface area contributed by atoms with Gasteiger partial charge in [-0.05, 0) is 117 Å². The summed E-state index contributed by atoms with van der Waals surface area (Å²) in [5.41, 5.74) is 4.39. The Kier molecular flexibility index (Phi) is 7.82. The van der Waals surface area contributed by atoms with Gasteiger partial charge in [-0.25, -0.2) is 4.79 Å². The Morgan fingerprint density at radius 1 is 0.925 bits per heavy atom. The minimum absolute atomic E-state index is 0.102. The van der Waals surface area contributed by atoms with Crippen LogP contribution in [0.4, 0.5) is 0 Å². The third kappa shape index (κ3) is 6.03. The number of carboxylic acids is 1. The maximum Gasteiger partial charge on any atom is 0.328 e. The Labute approximate surface area is 238 Å². The number of nitrogens with zero attached hydrogens (tertiary/aromatic N) is 2. The van der Waals surface area contributed by atoms with Gasteiger partial charge in [0.15, 0.2) is 0 Å². The third-order valence-corrected chi connectivity index (χ3v) is 9.93. The maximum atomic E-state index is 13.1.